The van der Waals surface area contributed by atoms with E-state index in [9.17, 15) is 4.79 Å². The number of halogens is 1. The highest BCUT2D eigenvalue weighted by molar-refractivity contribution is 8.00. The average molecular weight is 430 g/mol. The van der Waals surface area contributed by atoms with Crippen molar-refractivity contribution in [2.24, 2.45) is 0 Å². The number of rotatable bonds is 6. The molecule has 0 bridgehead atoms. The molecule has 0 saturated carbocycles. The van der Waals surface area contributed by atoms with Gasteiger partial charge in [0.1, 0.15) is 5.25 Å². The molecule has 0 saturated heterocycles. The summed E-state index contributed by atoms with van der Waals surface area (Å²) in [7, 11) is 1.60. The van der Waals surface area contributed by atoms with E-state index in [4.69, 9.17) is 16.3 Å². The predicted octanol–water partition coefficient (Wildman–Crippen LogP) is 3.12. The minimum absolute atomic E-state index is 0.0880. The molecule has 1 aliphatic rings. The Labute approximate surface area is 177 Å². The molecule has 1 amide bonds. The van der Waals surface area contributed by atoms with Crippen molar-refractivity contribution in [2.45, 2.75) is 16.4 Å². The van der Waals surface area contributed by atoms with Crippen LogP contribution in [0.3, 0.4) is 0 Å². The number of aromatic nitrogens is 3. The summed E-state index contributed by atoms with van der Waals surface area (Å²) in [5.41, 5.74) is 5.33. The first kappa shape index (κ1) is 19.8. The highest BCUT2D eigenvalue weighted by atomic mass is 35.5. The van der Waals surface area contributed by atoms with Crippen LogP contribution in [0, 0.1) is 0 Å². The second-order valence-electron chi connectivity index (χ2n) is 6.49. The minimum atomic E-state index is -0.423. The molecular weight excluding hydrogens is 410 g/mol. The number of hydrogen-bond donors (Lipinski definition) is 2. The SMILES string of the molecule is COCCNC(=O)[C@H]1Sc2nnc(-c3ccccc3)n2N[C@@H]1c1ccc(Cl)cc1. The van der Waals surface area contributed by atoms with Gasteiger partial charge in [-0.1, -0.05) is 65.8 Å². The van der Waals surface area contributed by atoms with Crippen LogP contribution in [0.5, 0.6) is 0 Å². The average Bonchev–Trinajstić information content (AvgIpc) is 3.17. The standard InChI is InChI=1S/C20H20ClN5O2S/c1-28-12-11-22-19(27)17-16(13-7-9-15(21)10-8-13)25-26-18(23-24-20(26)29-17)14-5-3-2-4-6-14/h2-10,16-17,25H,11-12H2,1H3,(H,22,27)/t16-,17+/m1/s1. The van der Waals surface area contributed by atoms with Crippen LogP contribution in [0.2, 0.25) is 5.02 Å². The van der Waals surface area contributed by atoms with Gasteiger partial charge in [-0.25, -0.2) is 4.68 Å². The van der Waals surface area contributed by atoms with Crippen molar-refractivity contribution in [3.8, 4) is 11.4 Å². The van der Waals surface area contributed by atoms with Crippen molar-refractivity contribution in [3.05, 3.63) is 65.2 Å². The highest BCUT2D eigenvalue weighted by Gasteiger charge is 2.37. The van der Waals surface area contributed by atoms with E-state index in [0.717, 1.165) is 11.1 Å². The predicted molar refractivity (Wildman–Crippen MR) is 114 cm³/mol. The number of amides is 1. The van der Waals surface area contributed by atoms with Crippen molar-refractivity contribution in [1.82, 2.24) is 20.2 Å². The zero-order valence-corrected chi connectivity index (χ0v) is 17.3. The Hall–Kier alpha value is -2.55. The van der Waals surface area contributed by atoms with E-state index in [1.54, 1.807) is 7.11 Å². The Morgan fingerprint density at radius 2 is 1.97 bits per heavy atom. The molecule has 2 aromatic carbocycles. The molecule has 0 aliphatic carbocycles. The number of thioether (sulfide) groups is 1. The van der Waals surface area contributed by atoms with Crippen LogP contribution in [0.25, 0.3) is 11.4 Å². The Balaban J connectivity index is 1.68. The molecule has 1 aliphatic heterocycles. The fraction of sp³-hybridized carbons (Fsp3) is 0.250. The van der Waals surface area contributed by atoms with E-state index in [0.29, 0.717) is 29.2 Å². The summed E-state index contributed by atoms with van der Waals surface area (Å²) in [5, 5.41) is 12.4. The number of carbonyl (C=O) groups excluding carboxylic acids is 1. The molecule has 0 radical (unpaired) electrons. The maximum atomic E-state index is 12.9. The summed E-state index contributed by atoms with van der Waals surface area (Å²) in [4.78, 5) is 12.9. The van der Waals surface area contributed by atoms with Crippen LogP contribution in [0.15, 0.2) is 59.8 Å². The van der Waals surface area contributed by atoms with Crippen molar-refractivity contribution in [3.63, 3.8) is 0 Å². The van der Waals surface area contributed by atoms with Gasteiger partial charge in [0.05, 0.1) is 12.6 Å². The van der Waals surface area contributed by atoms with Crippen molar-refractivity contribution < 1.29 is 9.53 Å². The first-order valence-corrected chi connectivity index (χ1v) is 10.4. The second kappa shape index (κ2) is 8.86. The Bertz CT molecular complexity index is 980. The third-order valence-corrected chi connectivity index (χ3v) is 6.03. The molecule has 2 atom stereocenters. The summed E-state index contributed by atoms with van der Waals surface area (Å²) in [6, 6.07) is 17.0. The Morgan fingerprint density at radius 3 is 2.69 bits per heavy atom. The van der Waals surface area contributed by atoms with Crippen LogP contribution >= 0.6 is 23.4 Å². The number of nitrogens with zero attached hydrogens (tertiary/aromatic N) is 3. The van der Waals surface area contributed by atoms with Crippen molar-refractivity contribution in [1.29, 1.82) is 0 Å². The number of ether oxygens (including phenoxy) is 1. The molecule has 9 heteroatoms. The molecule has 3 aromatic rings. The largest absolute Gasteiger partial charge is 0.383 e. The molecule has 0 spiro atoms. The lowest BCUT2D eigenvalue weighted by molar-refractivity contribution is -0.121. The van der Waals surface area contributed by atoms with E-state index in [1.165, 1.54) is 11.8 Å². The van der Waals surface area contributed by atoms with Crippen LogP contribution in [-0.4, -0.2) is 46.3 Å². The zero-order chi connectivity index (χ0) is 20.2. The normalized spacial score (nSPS) is 18.0. The van der Waals surface area contributed by atoms with Gasteiger partial charge in [0.25, 0.3) is 0 Å². The Morgan fingerprint density at radius 1 is 1.21 bits per heavy atom. The molecule has 150 valence electrons. The van der Waals surface area contributed by atoms with E-state index < -0.39 is 5.25 Å². The molecule has 4 rings (SSSR count). The van der Waals surface area contributed by atoms with Gasteiger partial charge >= 0.3 is 0 Å². The molecule has 29 heavy (non-hydrogen) atoms. The lowest BCUT2D eigenvalue weighted by Gasteiger charge is -2.33. The molecular formula is C20H20ClN5O2S. The summed E-state index contributed by atoms with van der Waals surface area (Å²) in [6.07, 6.45) is 0. The van der Waals surface area contributed by atoms with Gasteiger partial charge in [-0.3, -0.25) is 4.79 Å². The van der Waals surface area contributed by atoms with E-state index >= 15 is 0 Å². The maximum Gasteiger partial charge on any atom is 0.236 e. The maximum absolute atomic E-state index is 12.9. The summed E-state index contributed by atoms with van der Waals surface area (Å²) >= 11 is 7.45. The van der Waals surface area contributed by atoms with Gasteiger partial charge in [-0.15, -0.1) is 10.2 Å². The first-order valence-electron chi connectivity index (χ1n) is 9.13. The summed E-state index contributed by atoms with van der Waals surface area (Å²) in [6.45, 7) is 0.901. The molecule has 2 N–H and O–H groups in total. The van der Waals surface area contributed by atoms with Gasteiger partial charge in [0, 0.05) is 24.2 Å². The van der Waals surface area contributed by atoms with Gasteiger partial charge in [0.15, 0.2) is 5.82 Å². The van der Waals surface area contributed by atoms with E-state index in [-0.39, 0.29) is 11.9 Å². The molecule has 2 heterocycles. The van der Waals surface area contributed by atoms with E-state index in [1.807, 2.05) is 59.3 Å². The number of methoxy groups -OCH3 is 1. The summed E-state index contributed by atoms with van der Waals surface area (Å²) in [5.74, 6) is 0.611. The van der Waals surface area contributed by atoms with Crippen LogP contribution < -0.4 is 10.7 Å². The third-order valence-electron chi connectivity index (χ3n) is 4.56. The van der Waals surface area contributed by atoms with Crippen LogP contribution in [0.1, 0.15) is 11.6 Å². The van der Waals surface area contributed by atoms with E-state index in [2.05, 4.69) is 20.9 Å². The Kier molecular flexibility index (Phi) is 6.03. The number of hydrogen-bond acceptors (Lipinski definition) is 6. The van der Waals surface area contributed by atoms with Gasteiger partial charge in [-0.2, -0.15) is 0 Å². The van der Waals surface area contributed by atoms with Crippen LogP contribution in [-0.2, 0) is 9.53 Å². The number of fused-ring (bicyclic) bond motifs is 1. The molecule has 0 unspecified atom stereocenters. The lowest BCUT2D eigenvalue weighted by Crippen LogP contribution is -2.44. The number of benzene rings is 2. The number of carbonyl (C=O) groups is 1. The van der Waals surface area contributed by atoms with Gasteiger partial charge in [0.2, 0.25) is 11.1 Å². The molecule has 1 aromatic heterocycles. The van der Waals surface area contributed by atoms with Crippen molar-refractivity contribution in [2.75, 3.05) is 25.7 Å². The highest BCUT2D eigenvalue weighted by Crippen LogP contribution is 2.38. The second-order valence-corrected chi connectivity index (χ2v) is 8.03. The fourth-order valence-corrected chi connectivity index (χ4v) is 4.36. The third kappa shape index (κ3) is 4.24. The number of nitrogens with one attached hydrogen (secondary N) is 2. The first-order chi connectivity index (χ1) is 14.2. The van der Waals surface area contributed by atoms with Gasteiger partial charge in [-0.05, 0) is 17.7 Å². The smallest absolute Gasteiger partial charge is 0.236 e. The lowest BCUT2D eigenvalue weighted by atomic mass is 10.0. The van der Waals surface area contributed by atoms with Crippen LogP contribution in [0.4, 0.5) is 0 Å². The summed E-state index contributed by atoms with van der Waals surface area (Å²) < 4.78 is 6.88. The minimum Gasteiger partial charge on any atom is -0.383 e. The topological polar surface area (TPSA) is 81.1 Å². The van der Waals surface area contributed by atoms with Gasteiger partial charge < -0.3 is 15.5 Å². The molecule has 0 fully saturated rings. The molecule has 7 nitrogen and oxygen atoms in total. The fourth-order valence-electron chi connectivity index (χ4n) is 3.13. The van der Waals surface area contributed by atoms with Crippen molar-refractivity contribution >= 4 is 29.3 Å². The monoisotopic (exact) mass is 429 g/mol. The zero-order valence-electron chi connectivity index (χ0n) is 15.7. The quantitative estimate of drug-likeness (QED) is 0.586.